The van der Waals surface area contributed by atoms with Crippen LogP contribution in [0.1, 0.15) is 33.3 Å². The molecular formula is C14H21ClN2O. The third kappa shape index (κ3) is 3.67. The highest BCUT2D eigenvalue weighted by Gasteiger charge is 2.37. The highest BCUT2D eigenvalue weighted by atomic mass is 35.5. The van der Waals surface area contributed by atoms with Crippen molar-refractivity contribution in [2.75, 3.05) is 13.1 Å². The lowest BCUT2D eigenvalue weighted by molar-refractivity contribution is -0.182. The summed E-state index contributed by atoms with van der Waals surface area (Å²) in [5, 5.41) is 0.543. The van der Waals surface area contributed by atoms with Crippen LogP contribution in [0.2, 0.25) is 5.15 Å². The number of hydrogen-bond donors (Lipinski definition) is 0. The monoisotopic (exact) mass is 268 g/mol. The van der Waals surface area contributed by atoms with E-state index in [0.29, 0.717) is 5.15 Å². The van der Waals surface area contributed by atoms with Crippen molar-refractivity contribution in [3.05, 3.63) is 29.0 Å². The lowest BCUT2D eigenvalue weighted by Gasteiger charge is -2.47. The number of rotatable bonds is 2. The average molecular weight is 269 g/mol. The van der Waals surface area contributed by atoms with E-state index < -0.39 is 0 Å². The van der Waals surface area contributed by atoms with E-state index in [9.17, 15) is 0 Å². The molecule has 0 aliphatic carbocycles. The molecule has 3 nitrogen and oxygen atoms in total. The molecule has 1 fully saturated rings. The Morgan fingerprint density at radius 2 is 1.83 bits per heavy atom. The molecule has 0 saturated carbocycles. The first-order valence-electron chi connectivity index (χ1n) is 6.29. The minimum absolute atomic E-state index is 0.110. The van der Waals surface area contributed by atoms with E-state index in [-0.39, 0.29) is 11.2 Å². The maximum absolute atomic E-state index is 6.07. The van der Waals surface area contributed by atoms with Crippen LogP contribution in [0.15, 0.2) is 18.3 Å². The van der Waals surface area contributed by atoms with Gasteiger partial charge in [-0.3, -0.25) is 4.90 Å². The van der Waals surface area contributed by atoms with Gasteiger partial charge in [-0.15, -0.1) is 0 Å². The molecule has 100 valence electrons. The molecule has 0 spiro atoms. The smallest absolute Gasteiger partial charge is 0.129 e. The van der Waals surface area contributed by atoms with E-state index in [4.69, 9.17) is 16.3 Å². The van der Waals surface area contributed by atoms with Crippen LogP contribution in [0.5, 0.6) is 0 Å². The number of nitrogens with zero attached hydrogens (tertiary/aromatic N) is 2. The first-order valence-corrected chi connectivity index (χ1v) is 6.67. The van der Waals surface area contributed by atoms with Gasteiger partial charge in [0.15, 0.2) is 0 Å². The molecule has 0 aromatic carbocycles. The van der Waals surface area contributed by atoms with Crippen LogP contribution >= 0.6 is 11.6 Å². The zero-order valence-corrected chi connectivity index (χ0v) is 12.3. The number of hydrogen-bond acceptors (Lipinski definition) is 3. The second kappa shape index (κ2) is 4.80. The second-order valence-corrected chi connectivity index (χ2v) is 6.64. The Kier molecular flexibility index (Phi) is 3.67. The van der Waals surface area contributed by atoms with Gasteiger partial charge < -0.3 is 4.74 Å². The van der Waals surface area contributed by atoms with E-state index in [2.05, 4.69) is 37.6 Å². The molecule has 1 aliphatic rings. The molecule has 0 radical (unpaired) electrons. The molecule has 2 rings (SSSR count). The quantitative estimate of drug-likeness (QED) is 0.771. The first-order chi connectivity index (χ1) is 8.26. The normalized spacial score (nSPS) is 22.9. The Bertz CT molecular complexity index is 398. The summed E-state index contributed by atoms with van der Waals surface area (Å²) in [6.07, 6.45) is 1.85. The van der Waals surface area contributed by atoms with Crippen molar-refractivity contribution in [2.24, 2.45) is 0 Å². The third-order valence-corrected chi connectivity index (χ3v) is 3.18. The lowest BCUT2D eigenvalue weighted by Crippen LogP contribution is -2.56. The van der Waals surface area contributed by atoms with Gasteiger partial charge >= 0.3 is 0 Å². The van der Waals surface area contributed by atoms with Gasteiger partial charge in [-0.05, 0) is 39.3 Å². The molecule has 2 heterocycles. The highest BCUT2D eigenvalue weighted by molar-refractivity contribution is 6.29. The Hall–Kier alpha value is -0.640. The zero-order valence-electron chi connectivity index (χ0n) is 11.5. The Labute approximate surface area is 114 Å². The predicted octanol–water partition coefficient (Wildman–Crippen LogP) is 3.12. The lowest BCUT2D eigenvalue weighted by atomic mass is 9.98. The molecule has 0 bridgehead atoms. The fourth-order valence-corrected chi connectivity index (χ4v) is 2.93. The molecule has 18 heavy (non-hydrogen) atoms. The summed E-state index contributed by atoms with van der Waals surface area (Å²) in [4.78, 5) is 6.54. The SMILES string of the molecule is CC1(C)CN(Cc2ccc(Cl)nc2)CC(C)(C)O1. The number of morpholine rings is 1. The molecule has 0 N–H and O–H groups in total. The topological polar surface area (TPSA) is 25.4 Å². The fraction of sp³-hybridized carbons (Fsp3) is 0.643. The van der Waals surface area contributed by atoms with E-state index >= 15 is 0 Å². The van der Waals surface area contributed by atoms with E-state index in [1.54, 1.807) is 0 Å². The molecule has 1 aromatic rings. The maximum Gasteiger partial charge on any atom is 0.129 e. The van der Waals surface area contributed by atoms with E-state index in [1.165, 1.54) is 5.56 Å². The van der Waals surface area contributed by atoms with Crippen LogP contribution in [-0.2, 0) is 11.3 Å². The average Bonchev–Trinajstić information content (AvgIpc) is 2.16. The standard InChI is InChI=1S/C14H21ClN2O/c1-13(2)9-17(10-14(3,4)18-13)8-11-5-6-12(15)16-7-11/h5-7H,8-10H2,1-4H3. The minimum Gasteiger partial charge on any atom is -0.367 e. The van der Waals surface area contributed by atoms with Crippen LogP contribution < -0.4 is 0 Å². The number of halogens is 1. The van der Waals surface area contributed by atoms with E-state index in [1.807, 2.05) is 18.3 Å². The zero-order chi connectivity index (χ0) is 13.4. The third-order valence-electron chi connectivity index (χ3n) is 2.96. The Morgan fingerprint density at radius 3 is 2.33 bits per heavy atom. The van der Waals surface area contributed by atoms with Crippen molar-refractivity contribution in [3.63, 3.8) is 0 Å². The van der Waals surface area contributed by atoms with Gasteiger partial charge in [0.25, 0.3) is 0 Å². The van der Waals surface area contributed by atoms with Crippen LogP contribution in [-0.4, -0.2) is 34.2 Å². The minimum atomic E-state index is -0.110. The molecule has 0 unspecified atom stereocenters. The number of ether oxygens (including phenoxy) is 1. The largest absolute Gasteiger partial charge is 0.367 e. The second-order valence-electron chi connectivity index (χ2n) is 6.26. The molecule has 0 amide bonds. The van der Waals surface area contributed by atoms with E-state index in [0.717, 1.165) is 19.6 Å². The Morgan fingerprint density at radius 1 is 1.22 bits per heavy atom. The van der Waals surface area contributed by atoms with Crippen LogP contribution in [0.25, 0.3) is 0 Å². The van der Waals surface area contributed by atoms with Gasteiger partial charge in [0.05, 0.1) is 11.2 Å². The van der Waals surface area contributed by atoms with Crippen molar-refractivity contribution in [2.45, 2.75) is 45.4 Å². The van der Waals surface area contributed by atoms with Gasteiger partial charge in [0.1, 0.15) is 5.15 Å². The molecule has 4 heteroatoms. The van der Waals surface area contributed by atoms with Gasteiger partial charge in [0, 0.05) is 25.8 Å². The molecule has 1 saturated heterocycles. The summed E-state index contributed by atoms with van der Waals surface area (Å²) in [6.45, 7) is 11.3. The van der Waals surface area contributed by atoms with Crippen molar-refractivity contribution >= 4 is 11.6 Å². The van der Waals surface area contributed by atoms with Gasteiger partial charge in [-0.2, -0.15) is 0 Å². The number of aromatic nitrogens is 1. The molecule has 1 aromatic heterocycles. The number of pyridine rings is 1. The fourth-order valence-electron chi connectivity index (χ4n) is 2.82. The highest BCUT2D eigenvalue weighted by Crippen LogP contribution is 2.28. The van der Waals surface area contributed by atoms with Crippen molar-refractivity contribution in [1.29, 1.82) is 0 Å². The Balaban J connectivity index is 2.07. The van der Waals surface area contributed by atoms with Crippen molar-refractivity contribution in [1.82, 2.24) is 9.88 Å². The molecular weight excluding hydrogens is 248 g/mol. The molecule has 0 atom stereocenters. The first kappa shape index (κ1) is 13.8. The van der Waals surface area contributed by atoms with Gasteiger partial charge in [0.2, 0.25) is 0 Å². The summed E-state index contributed by atoms with van der Waals surface area (Å²) in [5.41, 5.74) is 0.969. The van der Waals surface area contributed by atoms with Crippen molar-refractivity contribution < 1.29 is 4.74 Å². The van der Waals surface area contributed by atoms with Gasteiger partial charge in [-0.25, -0.2) is 4.98 Å². The summed E-state index contributed by atoms with van der Waals surface area (Å²) >= 11 is 5.80. The summed E-state index contributed by atoms with van der Waals surface area (Å²) in [5.74, 6) is 0. The van der Waals surface area contributed by atoms with Crippen LogP contribution in [0.3, 0.4) is 0 Å². The molecule has 1 aliphatic heterocycles. The van der Waals surface area contributed by atoms with Crippen molar-refractivity contribution in [3.8, 4) is 0 Å². The summed E-state index contributed by atoms with van der Waals surface area (Å²) in [6, 6.07) is 3.87. The summed E-state index contributed by atoms with van der Waals surface area (Å²) < 4.78 is 6.07. The van der Waals surface area contributed by atoms with Crippen LogP contribution in [0, 0.1) is 0 Å². The van der Waals surface area contributed by atoms with Crippen LogP contribution in [0.4, 0.5) is 0 Å². The maximum atomic E-state index is 6.07. The summed E-state index contributed by atoms with van der Waals surface area (Å²) in [7, 11) is 0. The predicted molar refractivity (Wildman–Crippen MR) is 73.8 cm³/mol. The van der Waals surface area contributed by atoms with Gasteiger partial charge in [-0.1, -0.05) is 17.7 Å².